The van der Waals surface area contributed by atoms with E-state index in [-0.39, 0.29) is 5.56 Å². The van der Waals surface area contributed by atoms with E-state index in [1.807, 2.05) is 0 Å². The molecule has 0 saturated heterocycles. The van der Waals surface area contributed by atoms with Gasteiger partial charge in [0.25, 0.3) is 5.92 Å². The standard InChI is InChI=1S/C14H11BrClF2N/c15-13-11(16)7-4-8-12(13)19-9-14(17,18)10-5-2-1-3-6-10/h1-8,19H,9H2. The highest BCUT2D eigenvalue weighted by Gasteiger charge is 2.31. The van der Waals surface area contributed by atoms with E-state index in [1.165, 1.54) is 12.1 Å². The second-order valence-electron chi connectivity index (χ2n) is 4.03. The van der Waals surface area contributed by atoms with Crippen LogP contribution < -0.4 is 5.32 Å². The molecule has 100 valence electrons. The van der Waals surface area contributed by atoms with Gasteiger partial charge >= 0.3 is 0 Å². The molecule has 1 nitrogen and oxygen atoms in total. The van der Waals surface area contributed by atoms with E-state index >= 15 is 0 Å². The van der Waals surface area contributed by atoms with Gasteiger partial charge in [-0.2, -0.15) is 8.78 Å². The molecule has 0 radical (unpaired) electrons. The summed E-state index contributed by atoms with van der Waals surface area (Å²) in [6.07, 6.45) is 0. The van der Waals surface area contributed by atoms with E-state index < -0.39 is 12.5 Å². The van der Waals surface area contributed by atoms with Crippen LogP contribution in [0.4, 0.5) is 14.5 Å². The summed E-state index contributed by atoms with van der Waals surface area (Å²) < 4.78 is 28.5. The third-order valence-electron chi connectivity index (χ3n) is 2.65. The van der Waals surface area contributed by atoms with Gasteiger partial charge in [-0.05, 0) is 28.1 Å². The summed E-state index contributed by atoms with van der Waals surface area (Å²) in [5, 5.41) is 3.19. The van der Waals surface area contributed by atoms with Crippen molar-refractivity contribution in [2.45, 2.75) is 5.92 Å². The third kappa shape index (κ3) is 3.45. The molecule has 0 saturated carbocycles. The fourth-order valence-electron chi connectivity index (χ4n) is 1.63. The molecule has 0 spiro atoms. The van der Waals surface area contributed by atoms with E-state index in [0.717, 1.165) is 0 Å². The summed E-state index contributed by atoms with van der Waals surface area (Å²) in [5.74, 6) is -2.94. The minimum Gasteiger partial charge on any atom is -0.378 e. The van der Waals surface area contributed by atoms with E-state index in [1.54, 1.807) is 36.4 Å². The van der Waals surface area contributed by atoms with E-state index in [9.17, 15) is 8.78 Å². The lowest BCUT2D eigenvalue weighted by Crippen LogP contribution is -2.24. The van der Waals surface area contributed by atoms with Gasteiger partial charge < -0.3 is 5.32 Å². The molecule has 0 atom stereocenters. The van der Waals surface area contributed by atoms with Crippen LogP contribution in [0, 0.1) is 0 Å². The van der Waals surface area contributed by atoms with Crippen molar-refractivity contribution in [1.29, 1.82) is 0 Å². The highest BCUT2D eigenvalue weighted by molar-refractivity contribution is 9.10. The fourth-order valence-corrected chi connectivity index (χ4v) is 2.21. The van der Waals surface area contributed by atoms with Crippen molar-refractivity contribution in [2.24, 2.45) is 0 Å². The van der Waals surface area contributed by atoms with Gasteiger partial charge in [0.1, 0.15) is 0 Å². The molecule has 1 N–H and O–H groups in total. The van der Waals surface area contributed by atoms with Gasteiger partial charge in [0, 0.05) is 5.56 Å². The van der Waals surface area contributed by atoms with E-state index in [2.05, 4.69) is 21.2 Å². The Labute approximate surface area is 123 Å². The first-order chi connectivity index (χ1) is 9.00. The number of nitrogens with one attached hydrogen (secondary N) is 1. The maximum atomic E-state index is 14.0. The Balaban J connectivity index is 2.12. The van der Waals surface area contributed by atoms with Gasteiger partial charge in [0.2, 0.25) is 0 Å². The van der Waals surface area contributed by atoms with Crippen LogP contribution in [0.15, 0.2) is 53.0 Å². The van der Waals surface area contributed by atoms with Crippen molar-refractivity contribution in [3.63, 3.8) is 0 Å². The Bertz CT molecular complexity index is 561. The molecule has 0 aliphatic heterocycles. The largest absolute Gasteiger partial charge is 0.378 e. The molecular formula is C14H11BrClF2N. The van der Waals surface area contributed by atoms with E-state index in [0.29, 0.717) is 15.2 Å². The second-order valence-corrected chi connectivity index (χ2v) is 5.23. The SMILES string of the molecule is FC(F)(CNc1cccc(Cl)c1Br)c1ccccc1. The number of hydrogen-bond donors (Lipinski definition) is 1. The predicted octanol–water partition coefficient (Wildman–Crippen LogP) is 5.31. The van der Waals surface area contributed by atoms with Crippen molar-refractivity contribution in [1.82, 2.24) is 0 Å². The van der Waals surface area contributed by atoms with Gasteiger partial charge in [-0.15, -0.1) is 0 Å². The second kappa shape index (κ2) is 5.88. The summed E-state index contributed by atoms with van der Waals surface area (Å²) in [7, 11) is 0. The Hall–Kier alpha value is -1.13. The Morgan fingerprint density at radius 1 is 1.05 bits per heavy atom. The Morgan fingerprint density at radius 2 is 1.74 bits per heavy atom. The van der Waals surface area contributed by atoms with Gasteiger partial charge in [0.05, 0.1) is 21.7 Å². The molecule has 0 bridgehead atoms. The first kappa shape index (κ1) is 14.3. The van der Waals surface area contributed by atoms with Crippen molar-refractivity contribution < 1.29 is 8.78 Å². The lowest BCUT2D eigenvalue weighted by Gasteiger charge is -2.19. The van der Waals surface area contributed by atoms with Crippen LogP contribution in [0.5, 0.6) is 0 Å². The Morgan fingerprint density at radius 3 is 2.42 bits per heavy atom. The molecule has 0 fully saturated rings. The van der Waals surface area contributed by atoms with Crippen molar-refractivity contribution in [3.05, 3.63) is 63.6 Å². The number of halogens is 4. The first-order valence-corrected chi connectivity index (χ1v) is 6.79. The van der Waals surface area contributed by atoms with Gasteiger partial charge in [0.15, 0.2) is 0 Å². The molecular weight excluding hydrogens is 336 g/mol. The lowest BCUT2D eigenvalue weighted by atomic mass is 10.1. The molecule has 2 aromatic carbocycles. The van der Waals surface area contributed by atoms with Crippen molar-refractivity contribution >= 4 is 33.2 Å². The summed E-state index contributed by atoms with van der Waals surface area (Å²) in [6.45, 7) is -0.490. The first-order valence-electron chi connectivity index (χ1n) is 5.62. The maximum Gasteiger partial charge on any atom is 0.290 e. The van der Waals surface area contributed by atoms with Gasteiger partial charge in [-0.25, -0.2) is 0 Å². The zero-order valence-corrected chi connectivity index (χ0v) is 12.2. The molecule has 0 unspecified atom stereocenters. The summed E-state index contributed by atoms with van der Waals surface area (Å²) in [5.41, 5.74) is 0.531. The van der Waals surface area contributed by atoms with Crippen LogP contribution >= 0.6 is 27.5 Å². The van der Waals surface area contributed by atoms with Crippen LogP contribution in [0.25, 0.3) is 0 Å². The van der Waals surface area contributed by atoms with Gasteiger partial charge in [-0.3, -0.25) is 0 Å². The zero-order valence-electron chi connectivity index (χ0n) is 9.84. The summed E-state index contributed by atoms with van der Waals surface area (Å²) >= 11 is 9.17. The minimum atomic E-state index is -2.94. The summed E-state index contributed by atoms with van der Waals surface area (Å²) in [4.78, 5) is 0. The molecule has 0 amide bonds. The molecule has 0 aromatic heterocycles. The quantitative estimate of drug-likeness (QED) is 0.791. The number of rotatable bonds is 4. The average molecular weight is 347 g/mol. The summed E-state index contributed by atoms with van der Waals surface area (Å²) in [6, 6.07) is 12.8. The smallest absolute Gasteiger partial charge is 0.290 e. The number of alkyl halides is 2. The monoisotopic (exact) mass is 345 g/mol. The molecule has 5 heteroatoms. The van der Waals surface area contributed by atoms with Crippen molar-refractivity contribution in [2.75, 3.05) is 11.9 Å². The molecule has 2 aromatic rings. The molecule has 2 rings (SSSR count). The molecule has 19 heavy (non-hydrogen) atoms. The number of hydrogen-bond acceptors (Lipinski definition) is 1. The van der Waals surface area contributed by atoms with Crippen LogP contribution in [0.3, 0.4) is 0 Å². The average Bonchev–Trinajstić information content (AvgIpc) is 2.41. The topological polar surface area (TPSA) is 12.0 Å². The molecule has 0 aliphatic rings. The van der Waals surface area contributed by atoms with Crippen LogP contribution in [-0.4, -0.2) is 6.54 Å². The predicted molar refractivity (Wildman–Crippen MR) is 78.0 cm³/mol. The zero-order chi connectivity index (χ0) is 13.9. The molecule has 0 aliphatic carbocycles. The molecule has 0 heterocycles. The normalized spacial score (nSPS) is 11.4. The number of anilines is 1. The van der Waals surface area contributed by atoms with E-state index in [4.69, 9.17) is 11.6 Å². The van der Waals surface area contributed by atoms with Crippen LogP contribution in [0.2, 0.25) is 5.02 Å². The van der Waals surface area contributed by atoms with Crippen LogP contribution in [-0.2, 0) is 5.92 Å². The minimum absolute atomic E-state index is 0.0133. The maximum absolute atomic E-state index is 14.0. The van der Waals surface area contributed by atoms with Gasteiger partial charge in [-0.1, -0.05) is 48.0 Å². The number of benzene rings is 2. The third-order valence-corrected chi connectivity index (χ3v) is 4.05. The lowest BCUT2D eigenvalue weighted by molar-refractivity contribution is 0.0106. The van der Waals surface area contributed by atoms with Crippen molar-refractivity contribution in [3.8, 4) is 0 Å². The fraction of sp³-hybridized carbons (Fsp3) is 0.143. The Kier molecular flexibility index (Phi) is 4.42. The highest BCUT2D eigenvalue weighted by Crippen LogP contribution is 2.32. The highest BCUT2D eigenvalue weighted by atomic mass is 79.9. The van der Waals surface area contributed by atoms with Crippen LogP contribution in [0.1, 0.15) is 5.56 Å².